The molecule has 19 heavy (non-hydrogen) atoms. The molecule has 1 aromatic heterocycles. The van der Waals surface area contributed by atoms with Crippen LogP contribution in [-0.2, 0) is 17.8 Å². The number of benzene rings is 1. The van der Waals surface area contributed by atoms with E-state index in [4.69, 9.17) is 0 Å². The van der Waals surface area contributed by atoms with Gasteiger partial charge in [0.15, 0.2) is 0 Å². The van der Waals surface area contributed by atoms with Gasteiger partial charge in [-0.25, -0.2) is 4.98 Å². The fourth-order valence-corrected chi connectivity index (χ4v) is 2.55. The fraction of sp³-hybridized carbons (Fsp3) is 0.467. The Balaban J connectivity index is 1.92. The van der Waals surface area contributed by atoms with Crippen molar-refractivity contribution < 1.29 is 4.79 Å². The molecule has 0 amide bonds. The van der Waals surface area contributed by atoms with Crippen molar-refractivity contribution in [3.63, 3.8) is 0 Å². The summed E-state index contributed by atoms with van der Waals surface area (Å²) in [5.41, 5.74) is 2.13. The largest absolute Gasteiger partial charge is 0.328 e. The minimum absolute atomic E-state index is 0.190. The molecule has 1 N–H and O–H groups in total. The molecule has 0 saturated carbocycles. The van der Waals surface area contributed by atoms with Gasteiger partial charge in [0.25, 0.3) is 0 Å². The number of imidazole rings is 1. The number of ketones is 1. The van der Waals surface area contributed by atoms with Crippen molar-refractivity contribution in [3.8, 4) is 0 Å². The first-order chi connectivity index (χ1) is 9.29. The van der Waals surface area contributed by atoms with Crippen LogP contribution in [-0.4, -0.2) is 28.4 Å². The number of hydrogen-bond acceptors (Lipinski definition) is 3. The molecule has 1 aliphatic heterocycles. The molecule has 0 aliphatic carbocycles. The lowest BCUT2D eigenvalue weighted by molar-refractivity contribution is -0.123. The highest BCUT2D eigenvalue weighted by atomic mass is 16.1. The highest BCUT2D eigenvalue weighted by molar-refractivity contribution is 5.85. The number of rotatable bonds is 5. The number of carbonyl (C=O) groups excluding carboxylic acids is 1. The molecule has 2 aromatic rings. The average Bonchev–Trinajstić information content (AvgIpc) is 2.66. The summed E-state index contributed by atoms with van der Waals surface area (Å²) in [6.07, 6.45) is 1.51. The molecule has 4 nitrogen and oxygen atoms in total. The Bertz CT molecular complexity index is 598. The zero-order valence-electron chi connectivity index (χ0n) is 11.2. The Morgan fingerprint density at radius 3 is 2.89 bits per heavy atom. The van der Waals surface area contributed by atoms with Gasteiger partial charge in [0.2, 0.25) is 0 Å². The number of para-hydroxylation sites is 2. The topological polar surface area (TPSA) is 46.9 Å². The van der Waals surface area contributed by atoms with Crippen molar-refractivity contribution in [1.29, 1.82) is 0 Å². The number of hydrogen-bond donors (Lipinski definition) is 1. The molecule has 0 spiro atoms. The van der Waals surface area contributed by atoms with Crippen LogP contribution < -0.4 is 5.32 Å². The summed E-state index contributed by atoms with van der Waals surface area (Å²) in [5.74, 6) is 1.42. The van der Waals surface area contributed by atoms with Gasteiger partial charge in [-0.1, -0.05) is 19.1 Å². The smallest absolute Gasteiger partial charge is 0.146 e. The van der Waals surface area contributed by atoms with E-state index in [1.54, 1.807) is 0 Å². The highest BCUT2D eigenvalue weighted by Crippen LogP contribution is 2.18. The van der Waals surface area contributed by atoms with Gasteiger partial charge in [-0.05, 0) is 18.6 Å². The molecule has 1 fully saturated rings. The van der Waals surface area contributed by atoms with E-state index in [0.29, 0.717) is 12.2 Å². The van der Waals surface area contributed by atoms with Crippen LogP contribution >= 0.6 is 0 Å². The number of nitrogens with one attached hydrogen (secondary N) is 1. The lowest BCUT2D eigenvalue weighted by atomic mass is 9.96. The first kappa shape index (κ1) is 12.4. The zero-order valence-corrected chi connectivity index (χ0v) is 11.2. The van der Waals surface area contributed by atoms with Gasteiger partial charge in [0, 0.05) is 25.6 Å². The van der Waals surface area contributed by atoms with E-state index in [-0.39, 0.29) is 5.92 Å². The Morgan fingerprint density at radius 1 is 1.42 bits per heavy atom. The fourth-order valence-electron chi connectivity index (χ4n) is 2.55. The summed E-state index contributed by atoms with van der Waals surface area (Å²) in [7, 11) is 0. The van der Waals surface area contributed by atoms with E-state index >= 15 is 0 Å². The first-order valence-electron chi connectivity index (χ1n) is 6.97. The van der Waals surface area contributed by atoms with Crippen molar-refractivity contribution in [2.24, 2.45) is 5.92 Å². The average molecular weight is 257 g/mol. The van der Waals surface area contributed by atoms with Crippen LogP contribution in [0.2, 0.25) is 0 Å². The molecule has 2 heterocycles. The van der Waals surface area contributed by atoms with Crippen LogP contribution in [0.3, 0.4) is 0 Å². The third-order valence-electron chi connectivity index (χ3n) is 3.75. The quantitative estimate of drug-likeness (QED) is 0.888. The SMILES string of the molecule is CCCn1c(CC(=O)C2CNC2)nc2ccccc21. The molecule has 0 atom stereocenters. The summed E-state index contributed by atoms with van der Waals surface area (Å²) in [5, 5.41) is 3.15. The number of carbonyl (C=O) groups is 1. The van der Waals surface area contributed by atoms with E-state index in [1.807, 2.05) is 18.2 Å². The van der Waals surface area contributed by atoms with Crippen molar-refractivity contribution in [2.45, 2.75) is 26.3 Å². The van der Waals surface area contributed by atoms with Gasteiger partial charge in [-0.2, -0.15) is 0 Å². The van der Waals surface area contributed by atoms with Crippen LogP contribution in [0.15, 0.2) is 24.3 Å². The van der Waals surface area contributed by atoms with Gasteiger partial charge in [0.1, 0.15) is 11.6 Å². The molecule has 1 saturated heterocycles. The zero-order chi connectivity index (χ0) is 13.2. The van der Waals surface area contributed by atoms with Crippen LogP contribution in [0.4, 0.5) is 0 Å². The third kappa shape index (κ3) is 2.28. The van der Waals surface area contributed by atoms with E-state index in [9.17, 15) is 4.79 Å². The Kier molecular flexibility index (Phi) is 3.34. The molecule has 4 heteroatoms. The minimum Gasteiger partial charge on any atom is -0.328 e. The van der Waals surface area contributed by atoms with E-state index in [1.165, 1.54) is 0 Å². The molecular formula is C15H19N3O. The standard InChI is InChI=1S/C15H19N3O/c1-2-7-18-13-6-4-3-5-12(13)17-15(18)8-14(19)11-9-16-10-11/h3-6,11,16H,2,7-10H2,1H3. The Labute approximate surface area is 112 Å². The van der Waals surface area contributed by atoms with Crippen LogP contribution in [0.25, 0.3) is 11.0 Å². The number of aromatic nitrogens is 2. The van der Waals surface area contributed by atoms with E-state index in [2.05, 4.69) is 27.9 Å². The molecule has 1 aromatic carbocycles. The van der Waals surface area contributed by atoms with Crippen molar-refractivity contribution >= 4 is 16.8 Å². The van der Waals surface area contributed by atoms with E-state index < -0.39 is 0 Å². The second-order valence-corrected chi connectivity index (χ2v) is 5.17. The summed E-state index contributed by atoms with van der Waals surface area (Å²) in [6.45, 7) is 4.72. The molecule has 1 aliphatic rings. The van der Waals surface area contributed by atoms with Crippen LogP contribution in [0.5, 0.6) is 0 Å². The van der Waals surface area contributed by atoms with Crippen molar-refractivity contribution in [2.75, 3.05) is 13.1 Å². The van der Waals surface area contributed by atoms with Gasteiger partial charge in [-0.3, -0.25) is 4.79 Å². The molecule has 3 rings (SSSR count). The van der Waals surface area contributed by atoms with Gasteiger partial charge in [-0.15, -0.1) is 0 Å². The molecule has 0 bridgehead atoms. The van der Waals surface area contributed by atoms with Gasteiger partial charge >= 0.3 is 0 Å². The molecule has 0 radical (unpaired) electrons. The van der Waals surface area contributed by atoms with Gasteiger partial charge < -0.3 is 9.88 Å². The predicted molar refractivity (Wildman–Crippen MR) is 75.1 cm³/mol. The normalized spacial score (nSPS) is 15.6. The number of Topliss-reactive ketones (excluding diaryl/α,β-unsaturated/α-hetero) is 1. The lowest BCUT2D eigenvalue weighted by Crippen LogP contribution is -2.47. The second-order valence-electron chi connectivity index (χ2n) is 5.17. The Hall–Kier alpha value is -1.68. The highest BCUT2D eigenvalue weighted by Gasteiger charge is 2.26. The predicted octanol–water partition coefficient (Wildman–Crippen LogP) is 1.78. The maximum Gasteiger partial charge on any atom is 0.146 e. The van der Waals surface area contributed by atoms with E-state index in [0.717, 1.165) is 42.9 Å². The second kappa shape index (κ2) is 5.13. The third-order valence-corrected chi connectivity index (χ3v) is 3.75. The summed E-state index contributed by atoms with van der Waals surface area (Å²) in [4.78, 5) is 16.8. The summed E-state index contributed by atoms with van der Waals surface area (Å²) < 4.78 is 2.19. The number of nitrogens with zero attached hydrogens (tertiary/aromatic N) is 2. The monoisotopic (exact) mass is 257 g/mol. The maximum absolute atomic E-state index is 12.1. The van der Waals surface area contributed by atoms with Crippen LogP contribution in [0.1, 0.15) is 19.2 Å². The van der Waals surface area contributed by atoms with Crippen LogP contribution in [0, 0.1) is 5.92 Å². The lowest BCUT2D eigenvalue weighted by Gasteiger charge is -2.25. The number of aryl methyl sites for hydroxylation is 1. The summed E-state index contributed by atoms with van der Waals surface area (Å²) >= 11 is 0. The Morgan fingerprint density at radius 2 is 2.21 bits per heavy atom. The molecular weight excluding hydrogens is 238 g/mol. The maximum atomic E-state index is 12.1. The minimum atomic E-state index is 0.190. The number of fused-ring (bicyclic) bond motifs is 1. The van der Waals surface area contributed by atoms with Crippen molar-refractivity contribution in [3.05, 3.63) is 30.1 Å². The van der Waals surface area contributed by atoms with Crippen molar-refractivity contribution in [1.82, 2.24) is 14.9 Å². The summed E-state index contributed by atoms with van der Waals surface area (Å²) in [6, 6.07) is 8.11. The first-order valence-corrected chi connectivity index (χ1v) is 6.97. The molecule has 0 unspecified atom stereocenters. The molecule has 100 valence electrons. The van der Waals surface area contributed by atoms with Gasteiger partial charge in [0.05, 0.1) is 17.5 Å².